The number of furan rings is 1. The first-order chi connectivity index (χ1) is 25.7. The number of benzene rings is 7. The lowest BCUT2D eigenvalue weighted by atomic mass is 10.0. The van der Waals surface area contributed by atoms with E-state index in [2.05, 4.69) is 114 Å². The highest BCUT2D eigenvalue weighted by molar-refractivity contribution is 6.15. The Labute approximate surface area is 298 Å². The Morgan fingerprint density at radius 2 is 1.06 bits per heavy atom. The molecule has 10 aromatic rings. The van der Waals surface area contributed by atoms with Gasteiger partial charge in [0, 0.05) is 38.4 Å². The number of para-hydroxylation sites is 3. The van der Waals surface area contributed by atoms with E-state index in [1.165, 1.54) is 0 Å². The average Bonchev–Trinajstić information content (AvgIpc) is 3.78. The molecule has 0 atom stereocenters. The molecule has 0 unspecified atom stereocenters. The molecule has 0 aliphatic heterocycles. The quantitative estimate of drug-likeness (QED) is 0.183. The second-order valence-electron chi connectivity index (χ2n) is 12.7. The third kappa shape index (κ3) is 4.68. The number of hydrogen-bond acceptors (Lipinski definition) is 5. The van der Waals surface area contributed by atoms with Gasteiger partial charge in [0.1, 0.15) is 11.2 Å². The normalized spacial score (nSPS) is 11.4. The zero-order chi connectivity index (χ0) is 34.6. The summed E-state index contributed by atoms with van der Waals surface area (Å²) in [4.78, 5) is 15.5. The fraction of sp³-hybridized carbons (Fsp3) is 0. The monoisotopic (exact) mass is 665 g/mol. The summed E-state index contributed by atoms with van der Waals surface area (Å²) in [5, 5.41) is 13.7. The minimum Gasteiger partial charge on any atom is -0.455 e. The number of rotatable bonds is 5. The van der Waals surface area contributed by atoms with Crippen LogP contribution in [0, 0.1) is 11.3 Å². The van der Waals surface area contributed by atoms with Crippen LogP contribution in [-0.2, 0) is 0 Å². The van der Waals surface area contributed by atoms with Gasteiger partial charge in [-0.15, -0.1) is 0 Å². The van der Waals surface area contributed by atoms with E-state index in [4.69, 9.17) is 19.4 Å². The molecule has 0 fully saturated rings. The molecule has 0 radical (unpaired) electrons. The van der Waals surface area contributed by atoms with Crippen molar-refractivity contribution >= 4 is 43.7 Å². The highest BCUT2D eigenvalue weighted by Crippen LogP contribution is 2.40. The zero-order valence-electron chi connectivity index (χ0n) is 27.7. The topological polar surface area (TPSA) is 80.5 Å². The lowest BCUT2D eigenvalue weighted by Crippen LogP contribution is -2.01. The van der Waals surface area contributed by atoms with Crippen molar-refractivity contribution in [1.82, 2.24) is 19.5 Å². The molecule has 242 valence electrons. The van der Waals surface area contributed by atoms with E-state index in [0.717, 1.165) is 66.1 Å². The number of aromatic nitrogens is 4. The predicted molar refractivity (Wildman–Crippen MR) is 208 cm³/mol. The molecule has 3 heterocycles. The summed E-state index contributed by atoms with van der Waals surface area (Å²) in [5.74, 6) is 1.59. The van der Waals surface area contributed by atoms with Gasteiger partial charge in [-0.25, -0.2) is 15.0 Å². The van der Waals surface area contributed by atoms with Gasteiger partial charge in [0.15, 0.2) is 17.5 Å². The molecule has 3 aromatic heterocycles. The predicted octanol–water partition coefficient (Wildman–Crippen LogP) is 11.4. The summed E-state index contributed by atoms with van der Waals surface area (Å²) in [5.41, 5.74) is 9.81. The zero-order valence-corrected chi connectivity index (χ0v) is 27.7. The Kier molecular flexibility index (Phi) is 6.76. The minimum absolute atomic E-state index is 0.485. The lowest BCUT2D eigenvalue weighted by Gasteiger charge is -2.11. The summed E-state index contributed by atoms with van der Waals surface area (Å²) in [6, 6.07) is 57.6. The number of fused-ring (bicyclic) bond motifs is 6. The number of nitrogens with zero attached hydrogens (tertiary/aromatic N) is 5. The van der Waals surface area contributed by atoms with Crippen molar-refractivity contribution in [3.05, 3.63) is 169 Å². The Morgan fingerprint density at radius 3 is 1.87 bits per heavy atom. The molecule has 52 heavy (non-hydrogen) atoms. The molecule has 0 spiro atoms. The van der Waals surface area contributed by atoms with Gasteiger partial charge < -0.3 is 8.98 Å². The summed E-state index contributed by atoms with van der Waals surface area (Å²) in [7, 11) is 0. The minimum atomic E-state index is 0.485. The van der Waals surface area contributed by atoms with Crippen molar-refractivity contribution in [3.63, 3.8) is 0 Å². The first-order valence-electron chi connectivity index (χ1n) is 17.1. The van der Waals surface area contributed by atoms with Crippen molar-refractivity contribution in [3.8, 4) is 57.0 Å². The van der Waals surface area contributed by atoms with Crippen LogP contribution >= 0.6 is 0 Å². The van der Waals surface area contributed by atoms with Gasteiger partial charge in [-0.2, -0.15) is 5.26 Å². The maximum atomic E-state index is 9.93. The first-order valence-corrected chi connectivity index (χ1v) is 17.1. The van der Waals surface area contributed by atoms with Crippen LogP contribution in [0.1, 0.15) is 5.56 Å². The van der Waals surface area contributed by atoms with Gasteiger partial charge in [0.2, 0.25) is 0 Å². The van der Waals surface area contributed by atoms with Crippen LogP contribution in [0.5, 0.6) is 0 Å². The van der Waals surface area contributed by atoms with E-state index in [-0.39, 0.29) is 0 Å². The van der Waals surface area contributed by atoms with Crippen molar-refractivity contribution in [2.75, 3.05) is 0 Å². The first kappa shape index (κ1) is 29.5. The van der Waals surface area contributed by atoms with Gasteiger partial charge in [-0.1, -0.05) is 121 Å². The van der Waals surface area contributed by atoms with Crippen LogP contribution in [0.4, 0.5) is 0 Å². The second kappa shape index (κ2) is 11.9. The van der Waals surface area contributed by atoms with Gasteiger partial charge in [-0.3, -0.25) is 0 Å². The summed E-state index contributed by atoms with van der Waals surface area (Å²) in [6.45, 7) is 0. The van der Waals surface area contributed by atoms with Gasteiger partial charge in [0.25, 0.3) is 0 Å². The second-order valence-corrected chi connectivity index (χ2v) is 12.7. The molecular weight excluding hydrogens is 639 g/mol. The van der Waals surface area contributed by atoms with Crippen LogP contribution in [0.2, 0.25) is 0 Å². The third-order valence-electron chi connectivity index (χ3n) is 9.72. The smallest absolute Gasteiger partial charge is 0.167 e. The van der Waals surface area contributed by atoms with E-state index in [1.54, 1.807) is 0 Å². The summed E-state index contributed by atoms with van der Waals surface area (Å²) in [6.07, 6.45) is 0. The number of hydrogen-bond donors (Lipinski definition) is 0. The third-order valence-corrected chi connectivity index (χ3v) is 9.72. The molecule has 10 rings (SSSR count). The van der Waals surface area contributed by atoms with E-state index in [9.17, 15) is 5.26 Å². The average molecular weight is 666 g/mol. The fourth-order valence-corrected chi connectivity index (χ4v) is 7.37. The van der Waals surface area contributed by atoms with Crippen LogP contribution in [-0.4, -0.2) is 19.5 Å². The highest BCUT2D eigenvalue weighted by atomic mass is 16.3. The largest absolute Gasteiger partial charge is 0.455 e. The molecule has 0 N–H and O–H groups in total. The van der Waals surface area contributed by atoms with Crippen molar-refractivity contribution < 1.29 is 4.42 Å². The highest BCUT2D eigenvalue weighted by Gasteiger charge is 2.22. The molecule has 0 bridgehead atoms. The standard InChI is InChI=1S/C46H27N5O/c47-28-32-14-9-23-40-41(32)35-18-10-20-37(43(35)52-40)46-49-44(31-26-24-30(25-27-31)29-12-3-1-4-13-29)48-45(50-46)36-19-11-22-39-42(36)34-17-7-8-21-38(34)51(39)33-15-5-2-6-16-33/h1-27H. The maximum absolute atomic E-state index is 9.93. The molecule has 0 aliphatic carbocycles. The van der Waals surface area contributed by atoms with E-state index in [1.807, 2.05) is 60.7 Å². The summed E-state index contributed by atoms with van der Waals surface area (Å²) >= 11 is 0. The van der Waals surface area contributed by atoms with Crippen molar-refractivity contribution in [2.45, 2.75) is 0 Å². The van der Waals surface area contributed by atoms with Gasteiger partial charge in [0.05, 0.1) is 28.2 Å². The Bertz CT molecular complexity index is 3010. The molecule has 6 heteroatoms. The molecule has 0 amide bonds. The Morgan fingerprint density at radius 1 is 0.462 bits per heavy atom. The molecule has 7 aromatic carbocycles. The fourth-order valence-electron chi connectivity index (χ4n) is 7.37. The lowest BCUT2D eigenvalue weighted by molar-refractivity contribution is 0.669. The Balaban J connectivity index is 1.24. The molecule has 0 saturated carbocycles. The number of nitriles is 1. The van der Waals surface area contributed by atoms with E-state index >= 15 is 0 Å². The van der Waals surface area contributed by atoms with E-state index < -0.39 is 0 Å². The molecular formula is C46H27N5O. The van der Waals surface area contributed by atoms with Crippen LogP contribution in [0.3, 0.4) is 0 Å². The van der Waals surface area contributed by atoms with E-state index in [0.29, 0.717) is 34.2 Å². The maximum Gasteiger partial charge on any atom is 0.167 e. The molecule has 6 nitrogen and oxygen atoms in total. The summed E-state index contributed by atoms with van der Waals surface area (Å²) < 4.78 is 8.75. The van der Waals surface area contributed by atoms with Gasteiger partial charge in [-0.05, 0) is 53.6 Å². The van der Waals surface area contributed by atoms with Crippen molar-refractivity contribution in [1.29, 1.82) is 5.26 Å². The Hall–Kier alpha value is -7.36. The van der Waals surface area contributed by atoms with Gasteiger partial charge >= 0.3 is 0 Å². The molecule has 0 aliphatic rings. The van der Waals surface area contributed by atoms with Crippen LogP contribution in [0.25, 0.3) is 94.7 Å². The molecule has 0 saturated heterocycles. The van der Waals surface area contributed by atoms with Crippen LogP contribution < -0.4 is 0 Å². The van der Waals surface area contributed by atoms with Crippen LogP contribution in [0.15, 0.2) is 168 Å². The van der Waals surface area contributed by atoms with Crippen molar-refractivity contribution in [2.24, 2.45) is 0 Å². The SMILES string of the molecule is N#Cc1cccc2oc3c(-c4nc(-c5ccc(-c6ccccc6)cc5)nc(-c5cccc6c5c5ccccc5n6-c5ccccc5)n4)cccc3c12.